The van der Waals surface area contributed by atoms with Gasteiger partial charge in [-0.15, -0.1) is 0 Å². The smallest absolute Gasteiger partial charge is 0.0562 e. The van der Waals surface area contributed by atoms with Crippen molar-refractivity contribution in [3.05, 3.63) is 218 Å². The Labute approximate surface area is 315 Å². The van der Waals surface area contributed by atoms with E-state index in [1.165, 1.54) is 60.4 Å². The SMILES string of the molecule is c1ccc(-c2ccc(N(c3ccccc3)c3cccc4c3c3ccccc3n4-c3ccc(-c4ccccc4)cc3-c3ccc4ccccc4c3)cc2)cc1. The van der Waals surface area contributed by atoms with Crippen molar-refractivity contribution in [1.82, 2.24) is 4.57 Å². The minimum Gasteiger partial charge on any atom is -0.310 e. The van der Waals surface area contributed by atoms with Gasteiger partial charge in [0.2, 0.25) is 0 Å². The number of para-hydroxylation sites is 2. The highest BCUT2D eigenvalue weighted by Crippen LogP contribution is 2.45. The van der Waals surface area contributed by atoms with Gasteiger partial charge in [0.05, 0.1) is 22.4 Å². The Bertz CT molecular complexity index is 2910. The van der Waals surface area contributed by atoms with Crippen LogP contribution in [0.2, 0.25) is 0 Å². The molecule has 0 spiro atoms. The zero-order valence-electron chi connectivity index (χ0n) is 29.7. The van der Waals surface area contributed by atoms with Gasteiger partial charge in [-0.2, -0.15) is 0 Å². The summed E-state index contributed by atoms with van der Waals surface area (Å²) in [6.07, 6.45) is 0. The summed E-state index contributed by atoms with van der Waals surface area (Å²) in [5.74, 6) is 0. The van der Waals surface area contributed by atoms with Crippen LogP contribution in [0, 0.1) is 0 Å². The van der Waals surface area contributed by atoms with Gasteiger partial charge >= 0.3 is 0 Å². The molecule has 9 aromatic carbocycles. The molecule has 0 unspecified atom stereocenters. The average Bonchev–Trinajstić information content (AvgIpc) is 3.59. The van der Waals surface area contributed by atoms with E-state index in [9.17, 15) is 0 Å². The van der Waals surface area contributed by atoms with Crippen molar-refractivity contribution in [2.45, 2.75) is 0 Å². The van der Waals surface area contributed by atoms with Gasteiger partial charge in [0.1, 0.15) is 0 Å². The molecule has 10 rings (SSSR count). The van der Waals surface area contributed by atoms with Crippen molar-refractivity contribution in [3.8, 4) is 39.1 Å². The summed E-state index contributed by atoms with van der Waals surface area (Å²) in [7, 11) is 0. The van der Waals surface area contributed by atoms with E-state index < -0.39 is 0 Å². The molecule has 10 aromatic rings. The molecule has 54 heavy (non-hydrogen) atoms. The Balaban J connectivity index is 1.22. The lowest BCUT2D eigenvalue weighted by Gasteiger charge is -2.26. The first-order valence-corrected chi connectivity index (χ1v) is 18.5. The van der Waals surface area contributed by atoms with E-state index in [0.717, 1.165) is 28.3 Å². The number of rotatable bonds is 7. The van der Waals surface area contributed by atoms with E-state index in [-0.39, 0.29) is 0 Å². The topological polar surface area (TPSA) is 8.17 Å². The molecule has 254 valence electrons. The van der Waals surface area contributed by atoms with Crippen molar-refractivity contribution < 1.29 is 0 Å². The third kappa shape index (κ3) is 5.53. The van der Waals surface area contributed by atoms with Crippen LogP contribution in [-0.2, 0) is 0 Å². The third-order valence-corrected chi connectivity index (χ3v) is 10.6. The molecule has 0 radical (unpaired) electrons. The quantitative estimate of drug-likeness (QED) is 0.162. The number of benzene rings is 9. The molecule has 2 nitrogen and oxygen atoms in total. The minimum absolute atomic E-state index is 1.11. The fourth-order valence-corrected chi connectivity index (χ4v) is 8.01. The maximum Gasteiger partial charge on any atom is 0.0562 e. The number of fused-ring (bicyclic) bond motifs is 4. The van der Waals surface area contributed by atoms with Crippen molar-refractivity contribution in [1.29, 1.82) is 0 Å². The van der Waals surface area contributed by atoms with Crippen LogP contribution in [0.1, 0.15) is 0 Å². The highest BCUT2D eigenvalue weighted by molar-refractivity contribution is 6.17. The van der Waals surface area contributed by atoms with Crippen LogP contribution in [0.3, 0.4) is 0 Å². The van der Waals surface area contributed by atoms with Gasteiger partial charge < -0.3 is 9.47 Å². The Morgan fingerprint density at radius 1 is 0.333 bits per heavy atom. The molecule has 0 aliphatic carbocycles. The number of nitrogens with zero attached hydrogens (tertiary/aromatic N) is 2. The monoisotopic (exact) mass is 688 g/mol. The third-order valence-electron chi connectivity index (χ3n) is 10.6. The molecule has 0 atom stereocenters. The van der Waals surface area contributed by atoms with Gasteiger partial charge in [-0.05, 0) is 99.3 Å². The highest BCUT2D eigenvalue weighted by Gasteiger charge is 2.22. The second-order valence-corrected chi connectivity index (χ2v) is 13.8. The van der Waals surface area contributed by atoms with E-state index in [1.54, 1.807) is 0 Å². The second-order valence-electron chi connectivity index (χ2n) is 13.8. The van der Waals surface area contributed by atoms with Crippen molar-refractivity contribution in [3.63, 3.8) is 0 Å². The van der Waals surface area contributed by atoms with E-state index in [2.05, 4.69) is 228 Å². The number of anilines is 3. The zero-order valence-corrected chi connectivity index (χ0v) is 29.7. The largest absolute Gasteiger partial charge is 0.310 e. The van der Waals surface area contributed by atoms with Crippen molar-refractivity contribution >= 4 is 49.6 Å². The van der Waals surface area contributed by atoms with Crippen LogP contribution in [0.5, 0.6) is 0 Å². The molecule has 1 aromatic heterocycles. The predicted octanol–water partition coefficient (Wildman–Crippen LogP) is 14.4. The molecule has 0 N–H and O–H groups in total. The molecule has 0 aliphatic rings. The number of aromatic nitrogens is 1. The molecule has 0 saturated heterocycles. The standard InChI is InChI=1S/C52H36N2/c1-4-15-37(16-5-1)40-29-32-45(33-30-40)53(44-21-8-3-9-22-44)50-25-14-26-51-52(50)46-23-12-13-24-48(46)54(51)49-34-31-42(38-17-6-2-7-18-38)36-47(49)43-28-27-39-19-10-11-20-41(39)35-43/h1-36H. The van der Waals surface area contributed by atoms with E-state index >= 15 is 0 Å². The first kappa shape index (κ1) is 31.6. The Hall–Kier alpha value is -7.16. The van der Waals surface area contributed by atoms with E-state index in [4.69, 9.17) is 0 Å². The number of hydrogen-bond donors (Lipinski definition) is 0. The molecular weight excluding hydrogens is 653 g/mol. The summed E-state index contributed by atoms with van der Waals surface area (Å²) < 4.78 is 2.47. The molecule has 0 saturated carbocycles. The lowest BCUT2D eigenvalue weighted by Crippen LogP contribution is -2.10. The predicted molar refractivity (Wildman–Crippen MR) is 229 cm³/mol. The van der Waals surface area contributed by atoms with E-state index in [0.29, 0.717) is 0 Å². The van der Waals surface area contributed by atoms with Crippen LogP contribution in [-0.4, -0.2) is 4.57 Å². The number of hydrogen-bond acceptors (Lipinski definition) is 1. The van der Waals surface area contributed by atoms with Gasteiger partial charge in [-0.25, -0.2) is 0 Å². The molecular formula is C52H36N2. The highest BCUT2D eigenvalue weighted by atomic mass is 15.1. The van der Waals surface area contributed by atoms with Crippen molar-refractivity contribution in [2.75, 3.05) is 4.90 Å². The van der Waals surface area contributed by atoms with Crippen molar-refractivity contribution in [2.24, 2.45) is 0 Å². The lowest BCUT2D eigenvalue weighted by molar-refractivity contribution is 1.18. The van der Waals surface area contributed by atoms with Crippen LogP contribution in [0.15, 0.2) is 218 Å². The molecule has 0 aliphatic heterocycles. The Morgan fingerprint density at radius 2 is 0.889 bits per heavy atom. The molecule has 0 fully saturated rings. The molecule has 0 bridgehead atoms. The van der Waals surface area contributed by atoms with Gasteiger partial charge in [0, 0.05) is 27.7 Å². The molecule has 1 heterocycles. The Kier molecular flexibility index (Phi) is 7.85. The van der Waals surface area contributed by atoms with Gasteiger partial charge in [-0.3, -0.25) is 0 Å². The van der Waals surface area contributed by atoms with Crippen LogP contribution >= 0.6 is 0 Å². The summed E-state index contributed by atoms with van der Waals surface area (Å²) in [4.78, 5) is 2.40. The molecule has 2 heteroatoms. The van der Waals surface area contributed by atoms with E-state index in [1.807, 2.05) is 0 Å². The fourth-order valence-electron chi connectivity index (χ4n) is 8.01. The van der Waals surface area contributed by atoms with Gasteiger partial charge in [0.25, 0.3) is 0 Å². The van der Waals surface area contributed by atoms with Gasteiger partial charge in [0.15, 0.2) is 0 Å². The summed E-state index contributed by atoms with van der Waals surface area (Å²) in [5.41, 5.74) is 14.0. The maximum absolute atomic E-state index is 2.47. The average molecular weight is 689 g/mol. The summed E-state index contributed by atoms with van der Waals surface area (Å²) in [6.45, 7) is 0. The zero-order chi connectivity index (χ0) is 35.8. The van der Waals surface area contributed by atoms with Gasteiger partial charge in [-0.1, -0.05) is 158 Å². The fraction of sp³-hybridized carbons (Fsp3) is 0. The lowest BCUT2D eigenvalue weighted by atomic mass is 9.95. The Morgan fingerprint density at radius 3 is 1.65 bits per heavy atom. The normalized spacial score (nSPS) is 11.3. The summed E-state index contributed by atoms with van der Waals surface area (Å²) >= 11 is 0. The second kappa shape index (κ2) is 13.4. The van der Waals surface area contributed by atoms with Crippen LogP contribution in [0.25, 0.3) is 71.6 Å². The van der Waals surface area contributed by atoms with Crippen LogP contribution in [0.4, 0.5) is 17.1 Å². The minimum atomic E-state index is 1.11. The molecule has 0 amide bonds. The summed E-state index contributed by atoms with van der Waals surface area (Å²) in [5, 5.41) is 4.89. The summed E-state index contributed by atoms with van der Waals surface area (Å²) in [6, 6.07) is 78.9. The first-order chi connectivity index (χ1) is 26.8. The van der Waals surface area contributed by atoms with Crippen LogP contribution < -0.4 is 4.90 Å². The maximum atomic E-state index is 2.47. The first-order valence-electron chi connectivity index (χ1n) is 18.5.